The number of nitrogens with one attached hydrogen (secondary N) is 1. The van der Waals surface area contributed by atoms with Crippen molar-refractivity contribution in [1.82, 2.24) is 0 Å². The fraction of sp³-hybridized carbons (Fsp3) is 0. The molecule has 6 rings (SSSR count). The Balaban J connectivity index is 1.42. The summed E-state index contributed by atoms with van der Waals surface area (Å²) in [6.07, 6.45) is 0. The lowest BCUT2D eigenvalue weighted by molar-refractivity contribution is 0.669. The second-order valence-corrected chi connectivity index (χ2v) is 7.54. The first kappa shape index (κ1) is 16.9. The summed E-state index contributed by atoms with van der Waals surface area (Å²) in [6.45, 7) is 0. The molecule has 0 aliphatic rings. The second kappa shape index (κ2) is 6.78. The fourth-order valence-electron chi connectivity index (χ4n) is 4.18. The largest absolute Gasteiger partial charge is 0.456 e. The Kier molecular flexibility index (Phi) is 3.82. The molecule has 2 heteroatoms. The minimum atomic E-state index is 0.895. The molecule has 0 radical (unpaired) electrons. The monoisotopic (exact) mass is 385 g/mol. The Morgan fingerprint density at radius 1 is 0.533 bits per heavy atom. The summed E-state index contributed by atoms with van der Waals surface area (Å²) in [5.74, 6) is 0. The Hall–Kier alpha value is -4.04. The first-order chi connectivity index (χ1) is 14.8. The van der Waals surface area contributed by atoms with Crippen LogP contribution < -0.4 is 5.32 Å². The van der Waals surface area contributed by atoms with Gasteiger partial charge in [-0.25, -0.2) is 0 Å². The molecule has 0 amide bonds. The molecule has 0 spiro atoms. The van der Waals surface area contributed by atoms with Gasteiger partial charge < -0.3 is 9.73 Å². The van der Waals surface area contributed by atoms with Crippen molar-refractivity contribution in [1.29, 1.82) is 0 Å². The van der Waals surface area contributed by atoms with Crippen LogP contribution in [-0.4, -0.2) is 0 Å². The van der Waals surface area contributed by atoms with E-state index in [1.165, 1.54) is 21.9 Å². The van der Waals surface area contributed by atoms with Gasteiger partial charge in [0.1, 0.15) is 11.2 Å². The minimum Gasteiger partial charge on any atom is -0.456 e. The van der Waals surface area contributed by atoms with Crippen LogP contribution in [0.25, 0.3) is 43.8 Å². The van der Waals surface area contributed by atoms with Gasteiger partial charge in [-0.15, -0.1) is 0 Å². The van der Waals surface area contributed by atoms with E-state index in [0.717, 1.165) is 33.3 Å². The average Bonchev–Trinajstić information content (AvgIpc) is 3.19. The van der Waals surface area contributed by atoms with Crippen LogP contribution >= 0.6 is 0 Å². The van der Waals surface area contributed by atoms with E-state index in [1.807, 2.05) is 24.3 Å². The van der Waals surface area contributed by atoms with Gasteiger partial charge in [0, 0.05) is 11.1 Å². The van der Waals surface area contributed by atoms with Crippen LogP contribution in [0.2, 0.25) is 0 Å². The molecule has 1 aromatic heterocycles. The highest BCUT2D eigenvalue weighted by atomic mass is 16.3. The molecule has 0 fully saturated rings. The third-order valence-electron chi connectivity index (χ3n) is 5.63. The number of benzene rings is 5. The van der Waals surface area contributed by atoms with Crippen LogP contribution in [0.1, 0.15) is 0 Å². The minimum absolute atomic E-state index is 0.895. The maximum Gasteiger partial charge on any atom is 0.137 e. The van der Waals surface area contributed by atoms with Crippen molar-refractivity contribution in [2.75, 3.05) is 5.32 Å². The molecule has 1 N–H and O–H groups in total. The molecule has 0 aliphatic carbocycles. The van der Waals surface area contributed by atoms with E-state index in [2.05, 4.69) is 90.2 Å². The van der Waals surface area contributed by atoms with E-state index >= 15 is 0 Å². The Morgan fingerprint density at radius 2 is 1.30 bits per heavy atom. The Bertz CT molecular complexity index is 1530. The molecule has 30 heavy (non-hydrogen) atoms. The lowest BCUT2D eigenvalue weighted by Gasteiger charge is -2.10. The molecule has 0 saturated heterocycles. The summed E-state index contributed by atoms with van der Waals surface area (Å²) >= 11 is 0. The van der Waals surface area contributed by atoms with Crippen molar-refractivity contribution in [3.63, 3.8) is 0 Å². The number of fused-ring (bicyclic) bond motifs is 4. The van der Waals surface area contributed by atoms with Crippen molar-refractivity contribution in [3.8, 4) is 11.1 Å². The number of hydrogen-bond donors (Lipinski definition) is 1. The van der Waals surface area contributed by atoms with Gasteiger partial charge in [0.25, 0.3) is 0 Å². The summed E-state index contributed by atoms with van der Waals surface area (Å²) in [7, 11) is 0. The van der Waals surface area contributed by atoms with E-state index in [1.54, 1.807) is 0 Å². The van der Waals surface area contributed by atoms with Gasteiger partial charge in [-0.2, -0.15) is 0 Å². The fourth-order valence-corrected chi connectivity index (χ4v) is 4.18. The smallest absolute Gasteiger partial charge is 0.137 e. The second-order valence-electron chi connectivity index (χ2n) is 7.54. The average molecular weight is 385 g/mol. The zero-order chi connectivity index (χ0) is 19.9. The van der Waals surface area contributed by atoms with Crippen molar-refractivity contribution in [2.45, 2.75) is 0 Å². The van der Waals surface area contributed by atoms with E-state index in [0.29, 0.717) is 0 Å². The van der Waals surface area contributed by atoms with Crippen molar-refractivity contribution in [2.24, 2.45) is 0 Å². The molecular formula is C28H19NO. The van der Waals surface area contributed by atoms with Crippen molar-refractivity contribution >= 4 is 44.1 Å². The van der Waals surface area contributed by atoms with Crippen LogP contribution in [0.3, 0.4) is 0 Å². The quantitative estimate of drug-likeness (QED) is 0.332. The predicted octanol–water partition coefficient (Wildman–Crippen LogP) is 8.15. The standard InChI is InChI=1S/C28H19NO/c1-2-8-20-17-22(16-15-19(20)7-1)21-9-5-10-23(18-21)29-25-12-6-14-27-28(25)24-11-3-4-13-26(24)30-27/h1-18,29H. The lowest BCUT2D eigenvalue weighted by atomic mass is 10.0. The van der Waals surface area contributed by atoms with Crippen LogP contribution in [0.15, 0.2) is 114 Å². The first-order valence-electron chi connectivity index (χ1n) is 10.1. The molecule has 0 saturated carbocycles. The van der Waals surface area contributed by atoms with Crippen LogP contribution in [0.4, 0.5) is 11.4 Å². The van der Waals surface area contributed by atoms with E-state index in [9.17, 15) is 0 Å². The molecule has 0 unspecified atom stereocenters. The summed E-state index contributed by atoms with van der Waals surface area (Å²) in [5.41, 5.74) is 6.31. The molecule has 1 heterocycles. The normalized spacial score (nSPS) is 11.3. The van der Waals surface area contributed by atoms with Crippen LogP contribution in [0, 0.1) is 0 Å². The highest BCUT2D eigenvalue weighted by Crippen LogP contribution is 2.36. The third-order valence-corrected chi connectivity index (χ3v) is 5.63. The molecule has 2 nitrogen and oxygen atoms in total. The number of furan rings is 1. The van der Waals surface area contributed by atoms with Gasteiger partial charge in [-0.3, -0.25) is 0 Å². The van der Waals surface area contributed by atoms with E-state index < -0.39 is 0 Å². The number of hydrogen-bond acceptors (Lipinski definition) is 2. The van der Waals surface area contributed by atoms with Crippen LogP contribution in [0.5, 0.6) is 0 Å². The van der Waals surface area contributed by atoms with Crippen molar-refractivity contribution < 1.29 is 4.42 Å². The SMILES string of the molecule is c1cc(Nc2cccc3oc4ccccc4c23)cc(-c2ccc3ccccc3c2)c1. The Morgan fingerprint density at radius 3 is 2.27 bits per heavy atom. The maximum absolute atomic E-state index is 6.02. The van der Waals surface area contributed by atoms with Gasteiger partial charge in [-0.05, 0) is 58.3 Å². The highest BCUT2D eigenvalue weighted by molar-refractivity contribution is 6.12. The predicted molar refractivity (Wildman–Crippen MR) is 126 cm³/mol. The maximum atomic E-state index is 6.02. The lowest BCUT2D eigenvalue weighted by Crippen LogP contribution is -1.91. The third kappa shape index (κ3) is 2.82. The molecule has 0 aliphatic heterocycles. The summed E-state index contributed by atoms with van der Waals surface area (Å²) in [4.78, 5) is 0. The molecule has 6 aromatic rings. The summed E-state index contributed by atoms with van der Waals surface area (Å²) in [6, 6.07) is 38.0. The number of para-hydroxylation sites is 1. The summed E-state index contributed by atoms with van der Waals surface area (Å²) in [5, 5.41) is 8.36. The van der Waals surface area contributed by atoms with E-state index in [-0.39, 0.29) is 0 Å². The van der Waals surface area contributed by atoms with Crippen molar-refractivity contribution in [3.05, 3.63) is 109 Å². The highest BCUT2D eigenvalue weighted by Gasteiger charge is 2.11. The molecule has 0 atom stereocenters. The Labute approximate surface area is 174 Å². The van der Waals surface area contributed by atoms with Gasteiger partial charge in [-0.1, -0.05) is 72.8 Å². The number of anilines is 2. The van der Waals surface area contributed by atoms with E-state index in [4.69, 9.17) is 4.42 Å². The topological polar surface area (TPSA) is 25.2 Å². The van der Waals surface area contributed by atoms with Gasteiger partial charge in [0.2, 0.25) is 0 Å². The zero-order valence-corrected chi connectivity index (χ0v) is 16.3. The van der Waals surface area contributed by atoms with Gasteiger partial charge in [0.05, 0.1) is 11.1 Å². The number of rotatable bonds is 3. The summed E-state index contributed by atoms with van der Waals surface area (Å²) < 4.78 is 6.02. The van der Waals surface area contributed by atoms with Gasteiger partial charge in [0.15, 0.2) is 0 Å². The van der Waals surface area contributed by atoms with Gasteiger partial charge >= 0.3 is 0 Å². The zero-order valence-electron chi connectivity index (χ0n) is 16.3. The first-order valence-corrected chi connectivity index (χ1v) is 10.1. The molecular weight excluding hydrogens is 366 g/mol. The molecule has 0 bridgehead atoms. The molecule has 142 valence electrons. The molecule has 5 aromatic carbocycles. The van der Waals surface area contributed by atoms with Crippen LogP contribution in [-0.2, 0) is 0 Å².